The molecule has 0 saturated carbocycles. The van der Waals surface area contributed by atoms with E-state index in [9.17, 15) is 14.7 Å². The van der Waals surface area contributed by atoms with Crippen LogP contribution in [0.15, 0.2) is 42.6 Å². The maximum atomic E-state index is 12.7. The Hall–Kier alpha value is -3.45. The minimum Gasteiger partial charge on any atom is -0.492 e. The van der Waals surface area contributed by atoms with Crippen molar-refractivity contribution in [2.75, 3.05) is 0 Å². The molecule has 6 nitrogen and oxygen atoms in total. The van der Waals surface area contributed by atoms with Gasteiger partial charge in [0.05, 0.1) is 11.3 Å². The highest BCUT2D eigenvalue weighted by atomic mass is 32.1. The molecule has 32 heavy (non-hydrogen) atoms. The van der Waals surface area contributed by atoms with Crippen LogP contribution in [0.25, 0.3) is 16.0 Å². The lowest BCUT2D eigenvalue weighted by molar-refractivity contribution is -0.114. The van der Waals surface area contributed by atoms with Crippen LogP contribution >= 0.6 is 11.3 Å². The van der Waals surface area contributed by atoms with Gasteiger partial charge in [-0.1, -0.05) is 38.1 Å². The van der Waals surface area contributed by atoms with Crippen LogP contribution in [0.4, 0.5) is 0 Å². The summed E-state index contributed by atoms with van der Waals surface area (Å²) >= 11 is 1.77. The topological polar surface area (TPSA) is 97.7 Å². The van der Waals surface area contributed by atoms with Crippen molar-refractivity contribution in [3.05, 3.63) is 75.6 Å². The van der Waals surface area contributed by atoms with Crippen LogP contribution in [0.5, 0.6) is 5.88 Å². The lowest BCUT2D eigenvalue weighted by Crippen LogP contribution is -2.24. The third-order valence-electron chi connectivity index (χ3n) is 5.68. The lowest BCUT2D eigenvalue weighted by Gasteiger charge is -2.11. The quantitative estimate of drug-likeness (QED) is 0.323. The molecular weight excluding hydrogens is 422 g/mol. The van der Waals surface area contributed by atoms with E-state index in [1.54, 1.807) is 28.9 Å². The van der Waals surface area contributed by atoms with Crippen molar-refractivity contribution in [3.63, 3.8) is 0 Å². The van der Waals surface area contributed by atoms with Crippen molar-refractivity contribution in [3.8, 4) is 16.3 Å². The smallest absolute Gasteiger partial charge is 0.289 e. The van der Waals surface area contributed by atoms with E-state index in [1.165, 1.54) is 9.75 Å². The average Bonchev–Trinajstić information content (AvgIpc) is 3.36. The second-order valence-electron chi connectivity index (χ2n) is 7.73. The predicted octanol–water partition coefficient (Wildman–Crippen LogP) is 4.46. The van der Waals surface area contributed by atoms with Gasteiger partial charge in [-0.25, -0.2) is 4.98 Å². The summed E-state index contributed by atoms with van der Waals surface area (Å²) in [5, 5.41) is 10.6. The molecule has 0 aliphatic carbocycles. The van der Waals surface area contributed by atoms with Crippen LogP contribution in [0.2, 0.25) is 0 Å². The number of aryl methyl sites for hydroxylation is 2. The average molecular weight is 448 g/mol. The number of hydrogen-bond acceptors (Lipinski definition) is 5. The van der Waals surface area contributed by atoms with Crippen molar-refractivity contribution < 1.29 is 14.7 Å². The number of nitrogens with two attached hydrogens (primary N) is 1. The molecule has 164 valence electrons. The van der Waals surface area contributed by atoms with Gasteiger partial charge in [0.2, 0.25) is 5.88 Å². The third-order valence-corrected chi connectivity index (χ3v) is 6.95. The highest BCUT2D eigenvalue weighted by Crippen LogP contribution is 2.35. The minimum absolute atomic E-state index is 0.141. The molecule has 0 bridgehead atoms. The Kier molecular flexibility index (Phi) is 5.84. The molecule has 0 fully saturated rings. The summed E-state index contributed by atoms with van der Waals surface area (Å²) in [6.07, 6.45) is 3.80. The number of aromatic hydroxyl groups is 1. The largest absolute Gasteiger partial charge is 0.492 e. The summed E-state index contributed by atoms with van der Waals surface area (Å²) in [7, 11) is 0. The number of carbonyl (C=O) groups excluding carboxylic acids is 2. The lowest BCUT2D eigenvalue weighted by atomic mass is 9.96. The van der Waals surface area contributed by atoms with E-state index in [4.69, 9.17) is 5.73 Å². The number of ketones is 1. The first-order valence-corrected chi connectivity index (χ1v) is 11.4. The van der Waals surface area contributed by atoms with E-state index in [1.807, 2.05) is 19.1 Å². The summed E-state index contributed by atoms with van der Waals surface area (Å²) in [5.41, 5.74) is 10.1. The molecule has 3 heterocycles. The fourth-order valence-corrected chi connectivity index (χ4v) is 5.24. The zero-order valence-electron chi connectivity index (χ0n) is 18.3. The van der Waals surface area contributed by atoms with Crippen molar-refractivity contribution >= 4 is 28.5 Å². The molecule has 7 heteroatoms. The zero-order chi connectivity index (χ0) is 23.0. The number of primary amides is 1. The Morgan fingerprint density at radius 1 is 1.12 bits per heavy atom. The molecule has 4 aromatic rings. The number of benzene rings is 1. The molecule has 3 N–H and O–H groups in total. The number of amides is 1. The molecule has 1 amide bonds. The minimum atomic E-state index is -1.05. The van der Waals surface area contributed by atoms with Crippen LogP contribution in [0.1, 0.15) is 51.6 Å². The van der Waals surface area contributed by atoms with Gasteiger partial charge in [0.15, 0.2) is 0 Å². The van der Waals surface area contributed by atoms with Gasteiger partial charge in [0.1, 0.15) is 5.52 Å². The Morgan fingerprint density at radius 2 is 1.88 bits per heavy atom. The van der Waals surface area contributed by atoms with E-state index < -0.39 is 11.7 Å². The maximum Gasteiger partial charge on any atom is 0.289 e. The molecule has 0 spiro atoms. The van der Waals surface area contributed by atoms with E-state index in [0.29, 0.717) is 24.1 Å². The van der Waals surface area contributed by atoms with Crippen molar-refractivity contribution in [1.82, 2.24) is 9.38 Å². The van der Waals surface area contributed by atoms with Gasteiger partial charge in [-0.05, 0) is 48.6 Å². The van der Waals surface area contributed by atoms with E-state index in [2.05, 4.69) is 36.2 Å². The van der Waals surface area contributed by atoms with E-state index in [0.717, 1.165) is 23.2 Å². The fourth-order valence-electron chi connectivity index (χ4n) is 4.23. The normalized spacial score (nSPS) is 11.2. The van der Waals surface area contributed by atoms with Gasteiger partial charge < -0.3 is 15.2 Å². The van der Waals surface area contributed by atoms with E-state index >= 15 is 0 Å². The molecule has 3 aromatic heterocycles. The van der Waals surface area contributed by atoms with Crippen LogP contribution < -0.4 is 5.73 Å². The van der Waals surface area contributed by atoms with Crippen LogP contribution in [0.3, 0.4) is 0 Å². The SMILES string of the molecule is CCc1ccc(-c2ccccc2Cc2c(CC)c(C(=O)C(N)=O)c3c(O)nc(C)cn23)s1. The van der Waals surface area contributed by atoms with Gasteiger partial charge in [0, 0.05) is 28.1 Å². The van der Waals surface area contributed by atoms with Crippen LogP contribution in [-0.4, -0.2) is 26.2 Å². The second-order valence-corrected chi connectivity index (χ2v) is 8.89. The number of carbonyl (C=O) groups is 2. The standard InChI is InChI=1S/C25H25N3O3S/c1-4-16-10-11-20(32-16)18-9-7-6-8-15(18)12-19-17(5-2)21(23(29)24(26)30)22-25(31)27-14(3)13-28(19)22/h6-11,13H,4-5,12H2,1-3H3,(H2,26,30)(H,27,31). The van der Waals surface area contributed by atoms with Crippen molar-refractivity contribution in [1.29, 1.82) is 0 Å². The molecule has 0 radical (unpaired) electrons. The van der Waals surface area contributed by atoms with Crippen LogP contribution in [0, 0.1) is 6.92 Å². The fraction of sp³-hybridized carbons (Fsp3) is 0.240. The van der Waals surface area contributed by atoms with Crippen molar-refractivity contribution in [2.45, 2.75) is 40.0 Å². The first-order chi connectivity index (χ1) is 15.3. The molecule has 0 unspecified atom stereocenters. The summed E-state index contributed by atoms with van der Waals surface area (Å²) < 4.78 is 1.79. The second kappa shape index (κ2) is 8.59. The van der Waals surface area contributed by atoms with Gasteiger partial charge in [-0.2, -0.15) is 0 Å². The number of aromatic nitrogens is 2. The highest BCUT2D eigenvalue weighted by Gasteiger charge is 2.28. The number of nitrogens with zero attached hydrogens (tertiary/aromatic N) is 2. The van der Waals surface area contributed by atoms with Gasteiger partial charge in [-0.15, -0.1) is 11.3 Å². The number of fused-ring (bicyclic) bond motifs is 1. The molecule has 0 aliphatic rings. The number of thiophene rings is 1. The third kappa shape index (κ3) is 3.69. The first-order valence-electron chi connectivity index (χ1n) is 10.6. The van der Waals surface area contributed by atoms with Gasteiger partial charge in [-0.3, -0.25) is 9.59 Å². The van der Waals surface area contributed by atoms with Gasteiger partial charge >= 0.3 is 0 Å². The number of Topliss-reactive ketones (excluding diaryl/α,β-unsaturated/α-hetero) is 1. The molecule has 0 saturated heterocycles. The number of hydrogen-bond donors (Lipinski definition) is 2. The summed E-state index contributed by atoms with van der Waals surface area (Å²) in [5.74, 6) is -2.15. The first kappa shape index (κ1) is 21.8. The van der Waals surface area contributed by atoms with Crippen LogP contribution in [-0.2, 0) is 24.1 Å². The van der Waals surface area contributed by atoms with Crippen molar-refractivity contribution in [2.24, 2.45) is 5.73 Å². The summed E-state index contributed by atoms with van der Waals surface area (Å²) in [4.78, 5) is 31.1. The Morgan fingerprint density at radius 3 is 2.53 bits per heavy atom. The summed E-state index contributed by atoms with van der Waals surface area (Å²) in [6, 6.07) is 12.5. The Balaban J connectivity index is 1.95. The zero-order valence-corrected chi connectivity index (χ0v) is 19.1. The monoisotopic (exact) mass is 447 g/mol. The summed E-state index contributed by atoms with van der Waals surface area (Å²) in [6.45, 7) is 5.84. The number of rotatable bonds is 7. The molecule has 4 rings (SSSR count). The van der Waals surface area contributed by atoms with Gasteiger partial charge in [0.25, 0.3) is 11.7 Å². The Labute approximate surface area is 190 Å². The molecule has 1 aromatic carbocycles. The molecular formula is C25H25N3O3S. The molecule has 0 atom stereocenters. The Bertz CT molecular complexity index is 1350. The maximum absolute atomic E-state index is 12.7. The highest BCUT2D eigenvalue weighted by molar-refractivity contribution is 7.15. The predicted molar refractivity (Wildman–Crippen MR) is 126 cm³/mol. The van der Waals surface area contributed by atoms with E-state index in [-0.39, 0.29) is 17.0 Å². The molecule has 0 aliphatic heterocycles.